The molecule has 0 aromatic rings. The van der Waals surface area contributed by atoms with E-state index >= 15 is 0 Å². The van der Waals surface area contributed by atoms with Crippen molar-refractivity contribution in [1.82, 2.24) is 0 Å². The van der Waals surface area contributed by atoms with Gasteiger partial charge in [0.2, 0.25) is 0 Å². The van der Waals surface area contributed by atoms with Gasteiger partial charge in [-0.1, -0.05) is 0 Å². The van der Waals surface area contributed by atoms with E-state index in [0.29, 0.717) is 0 Å². The molecule has 0 bridgehead atoms. The minimum atomic E-state index is 0.241. The summed E-state index contributed by atoms with van der Waals surface area (Å²) >= 11 is 0. The maximum atomic E-state index is 2.29. The number of rotatable bonds is 2. The quantitative estimate of drug-likeness (QED) is 0.377. The van der Waals surface area contributed by atoms with Gasteiger partial charge in [-0.15, -0.1) is 0 Å². The van der Waals surface area contributed by atoms with E-state index in [2.05, 4.69) is 33.1 Å². The van der Waals surface area contributed by atoms with Crippen LogP contribution in [0.4, 0.5) is 0 Å². The van der Waals surface area contributed by atoms with Crippen LogP contribution in [0.2, 0.25) is 0 Å². The van der Waals surface area contributed by atoms with Crippen molar-refractivity contribution in [1.29, 1.82) is 0 Å². The van der Waals surface area contributed by atoms with Crippen molar-refractivity contribution in [3.8, 4) is 0 Å². The molecule has 1 atom stereocenters. The van der Waals surface area contributed by atoms with Crippen molar-refractivity contribution in [3.63, 3.8) is 0 Å². The summed E-state index contributed by atoms with van der Waals surface area (Å²) in [6.45, 7) is 8.88. The fraction of sp³-hybridized carbons (Fsp3) is 0.800. The van der Waals surface area contributed by atoms with Gasteiger partial charge in [0.15, 0.2) is 0 Å². The van der Waals surface area contributed by atoms with E-state index < -0.39 is 0 Å². The Hall–Kier alpha value is 0.365. The van der Waals surface area contributed by atoms with Crippen molar-refractivity contribution in [3.05, 3.63) is 0 Å². The summed E-state index contributed by atoms with van der Waals surface area (Å²) < 4.78 is 0. The molecule has 0 rings (SSSR count). The predicted octanol–water partition coefficient (Wildman–Crippen LogP) is 1.56. The molecule has 0 fully saturated rings. The molecular formula is C5H12BP. The van der Waals surface area contributed by atoms with Gasteiger partial charge in [0.1, 0.15) is 0 Å². The summed E-state index contributed by atoms with van der Waals surface area (Å²) in [6, 6.07) is 0. The van der Waals surface area contributed by atoms with Gasteiger partial charge < -0.3 is 0 Å². The second-order valence-electron chi connectivity index (χ2n) is 1.56. The SMILES string of the molecule is CC=BP(C)CC. The third kappa shape index (κ3) is 4.21. The Morgan fingerprint density at radius 2 is 2.29 bits per heavy atom. The molecule has 0 spiro atoms. The van der Waals surface area contributed by atoms with Crippen molar-refractivity contribution >= 4 is 20.4 Å². The first-order valence-corrected chi connectivity index (χ1v) is 4.68. The zero-order valence-corrected chi connectivity index (χ0v) is 6.20. The molecule has 2 heteroatoms. The van der Waals surface area contributed by atoms with Crippen LogP contribution in [-0.4, -0.2) is 25.4 Å². The summed E-state index contributed by atoms with van der Waals surface area (Å²) in [7, 11) is 0.241. The molecule has 0 heterocycles. The van der Waals surface area contributed by atoms with E-state index in [1.165, 1.54) is 6.16 Å². The van der Waals surface area contributed by atoms with Gasteiger partial charge in [0.25, 0.3) is 0 Å². The molecule has 1 unspecified atom stereocenters. The average Bonchev–Trinajstić information content (AvgIpc) is 1.68. The zero-order chi connectivity index (χ0) is 5.70. The van der Waals surface area contributed by atoms with Crippen LogP contribution in [0, 0.1) is 0 Å². The van der Waals surface area contributed by atoms with E-state index in [9.17, 15) is 0 Å². The maximum absolute atomic E-state index is 2.29. The first kappa shape index (κ1) is 7.36. The molecule has 0 radical (unpaired) electrons. The fourth-order valence-corrected chi connectivity index (χ4v) is 1.08. The van der Waals surface area contributed by atoms with Crippen LogP contribution in [0.5, 0.6) is 0 Å². The summed E-state index contributed by atoms with van der Waals surface area (Å²) in [5.41, 5.74) is 0. The second-order valence-corrected chi connectivity index (χ2v) is 4.00. The molecular weight excluding hydrogens is 102 g/mol. The molecule has 40 valence electrons. The van der Waals surface area contributed by atoms with Gasteiger partial charge in [0.05, 0.1) is 0 Å². The van der Waals surface area contributed by atoms with Gasteiger partial charge in [-0.3, -0.25) is 0 Å². The van der Waals surface area contributed by atoms with Gasteiger partial charge in [-0.2, -0.15) is 0 Å². The standard InChI is InChI=1S/C5H12BP/c1-4-6-7(3)5-2/h4H,5H2,1-3H3. The van der Waals surface area contributed by atoms with Gasteiger partial charge in [-0.05, 0) is 0 Å². The molecule has 0 aromatic carbocycles. The Bertz CT molecular complexity index is 61.1. The molecule has 0 aromatic heterocycles. The summed E-state index contributed by atoms with van der Waals surface area (Å²) in [5.74, 6) is 2.13. The second kappa shape index (κ2) is 4.52. The molecule has 7 heavy (non-hydrogen) atoms. The minimum absolute atomic E-state index is 0.241. The molecule has 0 aliphatic rings. The van der Waals surface area contributed by atoms with Crippen LogP contribution in [0.3, 0.4) is 0 Å². The Labute approximate surface area is 47.9 Å². The molecule has 0 aliphatic carbocycles. The number of hydrogen-bond donors (Lipinski definition) is 0. The predicted molar refractivity (Wildman–Crippen MR) is 40.9 cm³/mol. The van der Waals surface area contributed by atoms with E-state index in [4.69, 9.17) is 0 Å². The summed E-state index contributed by atoms with van der Waals surface area (Å²) in [5, 5.41) is 0. The fourth-order valence-electron chi connectivity index (χ4n) is 0.360. The van der Waals surface area contributed by atoms with E-state index in [-0.39, 0.29) is 7.80 Å². The first-order valence-electron chi connectivity index (χ1n) is 2.64. The van der Waals surface area contributed by atoms with Crippen molar-refractivity contribution in [2.75, 3.05) is 12.8 Å². The van der Waals surface area contributed by atoms with Crippen LogP contribution in [0.25, 0.3) is 0 Å². The summed E-state index contributed by atoms with van der Waals surface area (Å²) in [6.07, 6.45) is 1.32. The molecule has 0 nitrogen and oxygen atoms in total. The first-order chi connectivity index (χ1) is 3.31. The zero-order valence-electron chi connectivity index (χ0n) is 5.31. The van der Waals surface area contributed by atoms with E-state index in [1.807, 2.05) is 0 Å². The van der Waals surface area contributed by atoms with Crippen LogP contribution >= 0.6 is 7.80 Å². The molecule has 0 saturated carbocycles. The van der Waals surface area contributed by atoms with E-state index in [1.54, 1.807) is 0 Å². The third-order valence-corrected chi connectivity index (χ3v) is 2.71. The Balaban J connectivity index is 3.16. The van der Waals surface area contributed by atoms with Crippen molar-refractivity contribution in [2.24, 2.45) is 0 Å². The van der Waals surface area contributed by atoms with Gasteiger partial charge >= 0.3 is 47.1 Å². The van der Waals surface area contributed by atoms with Gasteiger partial charge in [-0.25, -0.2) is 0 Å². The molecule has 0 N–H and O–H groups in total. The number of hydrogen-bond acceptors (Lipinski definition) is 0. The van der Waals surface area contributed by atoms with Crippen LogP contribution in [0.15, 0.2) is 0 Å². The van der Waals surface area contributed by atoms with Crippen LogP contribution < -0.4 is 0 Å². The Morgan fingerprint density at radius 1 is 1.71 bits per heavy atom. The molecule has 0 amide bonds. The van der Waals surface area contributed by atoms with Gasteiger partial charge in [0, 0.05) is 0 Å². The normalized spacial score (nSPS) is 14.1. The van der Waals surface area contributed by atoms with Crippen LogP contribution in [0.1, 0.15) is 13.8 Å². The monoisotopic (exact) mass is 114 g/mol. The van der Waals surface area contributed by atoms with Crippen molar-refractivity contribution < 1.29 is 0 Å². The van der Waals surface area contributed by atoms with Crippen molar-refractivity contribution in [2.45, 2.75) is 13.8 Å². The molecule has 0 aliphatic heterocycles. The Morgan fingerprint density at radius 3 is 2.43 bits per heavy atom. The van der Waals surface area contributed by atoms with Crippen LogP contribution in [-0.2, 0) is 0 Å². The molecule has 0 saturated heterocycles. The Kier molecular flexibility index (Phi) is 4.76. The summed E-state index contributed by atoms with van der Waals surface area (Å²) in [4.78, 5) is 0. The average molecular weight is 114 g/mol. The third-order valence-electron chi connectivity index (χ3n) is 0.902. The van der Waals surface area contributed by atoms with E-state index in [0.717, 1.165) is 0 Å². The topological polar surface area (TPSA) is 0 Å².